The second-order valence-corrected chi connectivity index (χ2v) is 10.4. The van der Waals surface area contributed by atoms with Crippen molar-refractivity contribution in [3.8, 4) is 5.75 Å². The predicted octanol–water partition coefficient (Wildman–Crippen LogP) is 2.20. The Kier molecular flexibility index (Phi) is 7.13. The number of hydrogen-bond donors (Lipinski definition) is 1. The van der Waals surface area contributed by atoms with Gasteiger partial charge in [-0.3, -0.25) is 9.69 Å². The SMILES string of the molecule is COc1ccc(CNC(=O)CN2CCN(S(=O)(=O)c3ccc4c(c3)CCCC4)CC2)cc1. The van der Waals surface area contributed by atoms with E-state index in [9.17, 15) is 13.2 Å². The summed E-state index contributed by atoms with van der Waals surface area (Å²) < 4.78 is 32.9. The third kappa shape index (κ3) is 5.31. The Bertz CT molecular complexity index is 1050. The van der Waals surface area contributed by atoms with Gasteiger partial charge >= 0.3 is 0 Å². The van der Waals surface area contributed by atoms with Crippen molar-refractivity contribution >= 4 is 15.9 Å². The molecule has 7 nitrogen and oxygen atoms in total. The Labute approximate surface area is 190 Å². The lowest BCUT2D eigenvalue weighted by Gasteiger charge is -2.33. The van der Waals surface area contributed by atoms with Crippen LogP contribution in [0.2, 0.25) is 0 Å². The maximum Gasteiger partial charge on any atom is 0.243 e. The zero-order chi connectivity index (χ0) is 22.6. The van der Waals surface area contributed by atoms with Gasteiger partial charge in [-0.15, -0.1) is 0 Å². The fourth-order valence-corrected chi connectivity index (χ4v) is 5.82. The number of carbonyl (C=O) groups is 1. The first-order chi connectivity index (χ1) is 15.5. The summed E-state index contributed by atoms with van der Waals surface area (Å²) in [7, 11) is -1.88. The van der Waals surface area contributed by atoms with Crippen molar-refractivity contribution < 1.29 is 17.9 Å². The summed E-state index contributed by atoms with van der Waals surface area (Å²) in [5.74, 6) is 0.718. The molecule has 2 aromatic rings. The quantitative estimate of drug-likeness (QED) is 0.690. The molecule has 1 amide bonds. The molecular formula is C24H31N3O4S. The van der Waals surface area contributed by atoms with Gasteiger partial charge in [0.25, 0.3) is 0 Å². The van der Waals surface area contributed by atoms with Crippen LogP contribution in [-0.2, 0) is 34.2 Å². The van der Waals surface area contributed by atoms with Gasteiger partial charge in [-0.2, -0.15) is 4.31 Å². The molecule has 1 aliphatic heterocycles. The molecule has 0 atom stereocenters. The van der Waals surface area contributed by atoms with Crippen molar-refractivity contribution in [2.45, 2.75) is 37.1 Å². The largest absolute Gasteiger partial charge is 0.497 e. The normalized spacial score (nSPS) is 17.5. The van der Waals surface area contributed by atoms with E-state index in [4.69, 9.17) is 4.74 Å². The van der Waals surface area contributed by atoms with Crippen LogP contribution in [-0.4, -0.2) is 63.4 Å². The third-order valence-corrected chi connectivity index (χ3v) is 8.20. The average molecular weight is 458 g/mol. The molecule has 1 heterocycles. The molecule has 172 valence electrons. The number of ether oxygens (including phenoxy) is 1. The van der Waals surface area contributed by atoms with E-state index >= 15 is 0 Å². The van der Waals surface area contributed by atoms with Gasteiger partial charge in [0.15, 0.2) is 0 Å². The topological polar surface area (TPSA) is 79.0 Å². The van der Waals surface area contributed by atoms with Gasteiger partial charge in [0, 0.05) is 32.7 Å². The average Bonchev–Trinajstić information content (AvgIpc) is 2.83. The summed E-state index contributed by atoms with van der Waals surface area (Å²) in [6, 6.07) is 13.2. The standard InChI is InChI=1S/C24H31N3O4S/c1-31-22-9-6-19(7-10-22)17-25-24(28)18-26-12-14-27(15-13-26)32(29,30)23-11-8-20-4-2-3-5-21(20)16-23/h6-11,16H,2-5,12-15,17-18H2,1H3,(H,25,28). The molecule has 8 heteroatoms. The zero-order valence-electron chi connectivity index (χ0n) is 18.5. The number of benzene rings is 2. The number of nitrogens with zero attached hydrogens (tertiary/aromatic N) is 2. The van der Waals surface area contributed by atoms with Crippen LogP contribution in [0.3, 0.4) is 0 Å². The highest BCUT2D eigenvalue weighted by molar-refractivity contribution is 7.89. The van der Waals surface area contributed by atoms with E-state index in [-0.39, 0.29) is 12.5 Å². The highest BCUT2D eigenvalue weighted by Gasteiger charge is 2.29. The first kappa shape index (κ1) is 22.8. The van der Waals surface area contributed by atoms with Crippen molar-refractivity contribution in [3.05, 3.63) is 59.2 Å². The number of rotatable bonds is 7. The van der Waals surface area contributed by atoms with Crippen LogP contribution in [0.15, 0.2) is 47.4 Å². The minimum atomic E-state index is -3.50. The van der Waals surface area contributed by atoms with Crippen LogP contribution >= 0.6 is 0 Å². The Hall–Kier alpha value is -2.42. The number of fused-ring (bicyclic) bond motifs is 1. The summed E-state index contributed by atoms with van der Waals surface area (Å²) in [5, 5.41) is 2.93. The summed E-state index contributed by atoms with van der Waals surface area (Å²) >= 11 is 0. The number of amides is 1. The Morgan fingerprint density at radius 3 is 2.34 bits per heavy atom. The highest BCUT2D eigenvalue weighted by Crippen LogP contribution is 2.26. The van der Waals surface area contributed by atoms with Gasteiger partial charge in [0.1, 0.15) is 5.75 Å². The summed E-state index contributed by atoms with van der Waals surface area (Å²) in [6.45, 7) is 2.59. The number of sulfonamides is 1. The first-order valence-corrected chi connectivity index (χ1v) is 12.6. The van der Waals surface area contributed by atoms with Gasteiger partial charge in [-0.05, 0) is 66.6 Å². The monoisotopic (exact) mass is 457 g/mol. The molecule has 1 saturated heterocycles. The molecule has 2 aliphatic rings. The van der Waals surface area contributed by atoms with Crippen LogP contribution in [0, 0.1) is 0 Å². The lowest BCUT2D eigenvalue weighted by Crippen LogP contribution is -2.51. The van der Waals surface area contributed by atoms with Gasteiger partial charge < -0.3 is 10.1 Å². The van der Waals surface area contributed by atoms with Crippen molar-refractivity contribution in [1.29, 1.82) is 0 Å². The maximum absolute atomic E-state index is 13.1. The zero-order valence-corrected chi connectivity index (χ0v) is 19.4. The van der Waals surface area contributed by atoms with Crippen molar-refractivity contribution in [2.24, 2.45) is 0 Å². The van der Waals surface area contributed by atoms with E-state index < -0.39 is 10.0 Å². The second kappa shape index (κ2) is 10.0. The molecule has 0 bridgehead atoms. The molecule has 0 radical (unpaired) electrons. The molecule has 2 aromatic carbocycles. The number of carbonyl (C=O) groups excluding carboxylic acids is 1. The fourth-order valence-electron chi connectivity index (χ4n) is 4.35. The van der Waals surface area contributed by atoms with E-state index in [2.05, 4.69) is 5.32 Å². The molecule has 0 saturated carbocycles. The molecular weight excluding hydrogens is 426 g/mol. The Balaban J connectivity index is 1.27. The number of methoxy groups -OCH3 is 1. The molecule has 1 N–H and O–H groups in total. The predicted molar refractivity (Wildman–Crippen MR) is 123 cm³/mol. The number of hydrogen-bond acceptors (Lipinski definition) is 5. The molecule has 0 spiro atoms. The minimum Gasteiger partial charge on any atom is -0.497 e. The second-order valence-electron chi connectivity index (χ2n) is 8.44. The smallest absolute Gasteiger partial charge is 0.243 e. The molecule has 0 aromatic heterocycles. The van der Waals surface area contributed by atoms with E-state index in [1.54, 1.807) is 17.5 Å². The van der Waals surface area contributed by atoms with Gasteiger partial charge in [0.05, 0.1) is 18.6 Å². The Morgan fingerprint density at radius 2 is 1.66 bits per heavy atom. The van der Waals surface area contributed by atoms with Crippen LogP contribution in [0.1, 0.15) is 29.5 Å². The third-order valence-electron chi connectivity index (χ3n) is 6.30. The molecule has 0 unspecified atom stereocenters. The molecule has 1 aliphatic carbocycles. The van der Waals surface area contributed by atoms with Crippen molar-refractivity contribution in [3.63, 3.8) is 0 Å². The van der Waals surface area contributed by atoms with Crippen LogP contribution < -0.4 is 10.1 Å². The first-order valence-electron chi connectivity index (χ1n) is 11.2. The Morgan fingerprint density at radius 1 is 0.969 bits per heavy atom. The van der Waals surface area contributed by atoms with Crippen LogP contribution in [0.25, 0.3) is 0 Å². The van der Waals surface area contributed by atoms with E-state index in [1.165, 1.54) is 17.5 Å². The molecule has 1 fully saturated rings. The number of piperazine rings is 1. The summed E-state index contributed by atoms with van der Waals surface area (Å²) in [6.07, 6.45) is 4.29. The summed E-state index contributed by atoms with van der Waals surface area (Å²) in [5.41, 5.74) is 3.45. The molecule has 4 rings (SSSR count). The summed E-state index contributed by atoms with van der Waals surface area (Å²) in [4.78, 5) is 14.7. The lowest BCUT2D eigenvalue weighted by atomic mass is 9.92. The van der Waals surface area contributed by atoms with Gasteiger partial charge in [-0.25, -0.2) is 8.42 Å². The number of aryl methyl sites for hydroxylation is 2. The van der Waals surface area contributed by atoms with Crippen LogP contribution in [0.4, 0.5) is 0 Å². The molecule has 32 heavy (non-hydrogen) atoms. The van der Waals surface area contributed by atoms with Crippen molar-refractivity contribution in [1.82, 2.24) is 14.5 Å². The van der Waals surface area contributed by atoms with Crippen LogP contribution in [0.5, 0.6) is 5.75 Å². The fraction of sp³-hybridized carbons (Fsp3) is 0.458. The highest BCUT2D eigenvalue weighted by atomic mass is 32.2. The maximum atomic E-state index is 13.1. The van der Waals surface area contributed by atoms with E-state index in [0.717, 1.165) is 30.6 Å². The van der Waals surface area contributed by atoms with Crippen molar-refractivity contribution in [2.75, 3.05) is 39.8 Å². The van der Waals surface area contributed by atoms with Gasteiger partial charge in [0.2, 0.25) is 15.9 Å². The lowest BCUT2D eigenvalue weighted by molar-refractivity contribution is -0.122. The van der Waals surface area contributed by atoms with E-state index in [0.29, 0.717) is 37.6 Å². The van der Waals surface area contributed by atoms with Gasteiger partial charge in [-0.1, -0.05) is 18.2 Å². The van der Waals surface area contributed by atoms with E-state index in [1.807, 2.05) is 41.3 Å². The minimum absolute atomic E-state index is 0.0631. The number of nitrogens with one attached hydrogen (secondary N) is 1.